The number of nitrogens with one attached hydrogen (secondary N) is 1. The van der Waals surface area contributed by atoms with Crippen LogP contribution >= 0.6 is 0 Å². The molecule has 1 N–H and O–H groups in total. The molecule has 3 aromatic rings. The van der Waals surface area contributed by atoms with Crippen molar-refractivity contribution in [1.82, 2.24) is 15.0 Å². The van der Waals surface area contributed by atoms with Gasteiger partial charge in [-0.25, -0.2) is 9.97 Å². The number of fused-ring (bicyclic) bond motifs is 1. The van der Waals surface area contributed by atoms with E-state index in [1.54, 1.807) is 13.3 Å². The molecule has 0 bridgehead atoms. The Morgan fingerprint density at radius 1 is 1.07 bits per heavy atom. The Kier molecular flexibility index (Phi) is 4.68. The second-order valence-corrected chi connectivity index (χ2v) is 7.54. The maximum absolute atomic E-state index is 12.6. The van der Waals surface area contributed by atoms with Gasteiger partial charge in [0, 0.05) is 28.4 Å². The van der Waals surface area contributed by atoms with Crippen LogP contribution in [0.15, 0.2) is 35.3 Å². The lowest BCUT2D eigenvalue weighted by Crippen LogP contribution is -2.21. The van der Waals surface area contributed by atoms with Crippen molar-refractivity contribution in [2.24, 2.45) is 0 Å². The van der Waals surface area contributed by atoms with Gasteiger partial charge in [0.15, 0.2) is 0 Å². The van der Waals surface area contributed by atoms with Crippen molar-refractivity contribution in [3.8, 4) is 5.88 Å². The number of aromatic nitrogens is 3. The van der Waals surface area contributed by atoms with Crippen LogP contribution in [0.25, 0.3) is 11.0 Å². The van der Waals surface area contributed by atoms with Crippen molar-refractivity contribution in [2.75, 3.05) is 7.11 Å². The molecule has 5 nitrogen and oxygen atoms in total. The monoisotopic (exact) mass is 363 g/mol. The summed E-state index contributed by atoms with van der Waals surface area (Å²) < 4.78 is 5.49. The Balaban J connectivity index is 1.58. The summed E-state index contributed by atoms with van der Waals surface area (Å²) in [7, 11) is 1.68. The van der Waals surface area contributed by atoms with Gasteiger partial charge in [0.2, 0.25) is 5.88 Å². The number of H-pyrrole nitrogens is 1. The molecule has 1 aliphatic rings. The highest BCUT2D eigenvalue weighted by Crippen LogP contribution is 2.43. The van der Waals surface area contributed by atoms with Gasteiger partial charge in [-0.3, -0.25) is 4.79 Å². The molecule has 5 heteroatoms. The van der Waals surface area contributed by atoms with E-state index in [1.807, 2.05) is 31.2 Å². The molecule has 0 spiro atoms. The smallest absolute Gasteiger partial charge is 0.253 e. The van der Waals surface area contributed by atoms with Crippen LogP contribution in [0, 0.1) is 13.8 Å². The van der Waals surface area contributed by atoms with Crippen LogP contribution in [-0.4, -0.2) is 22.1 Å². The number of aromatic amines is 1. The Hall–Kier alpha value is -2.69. The van der Waals surface area contributed by atoms with E-state index in [1.165, 1.54) is 11.1 Å². The molecule has 0 saturated heterocycles. The maximum atomic E-state index is 12.6. The number of hydrogen-bond donors (Lipinski definition) is 1. The molecule has 0 radical (unpaired) electrons. The molecule has 0 atom stereocenters. The fourth-order valence-corrected chi connectivity index (χ4v) is 4.40. The van der Waals surface area contributed by atoms with Gasteiger partial charge in [0.05, 0.1) is 7.11 Å². The van der Waals surface area contributed by atoms with Crippen LogP contribution in [0.2, 0.25) is 0 Å². The SMILES string of the molecule is COc1nccc(C)c1[C@H]1CC[C@H](c2cc3ccc(C)nc3[nH]c2=O)CC1. The minimum Gasteiger partial charge on any atom is -0.481 e. The van der Waals surface area contributed by atoms with Gasteiger partial charge in [-0.05, 0) is 81.2 Å². The lowest BCUT2D eigenvalue weighted by Gasteiger charge is -2.30. The topological polar surface area (TPSA) is 67.9 Å². The van der Waals surface area contributed by atoms with Gasteiger partial charge >= 0.3 is 0 Å². The third-order valence-electron chi connectivity index (χ3n) is 5.81. The quantitative estimate of drug-likeness (QED) is 0.749. The first kappa shape index (κ1) is 17.7. The van der Waals surface area contributed by atoms with Crippen LogP contribution in [0.1, 0.15) is 59.9 Å². The minimum absolute atomic E-state index is 0.000751. The molecule has 3 heterocycles. The summed E-state index contributed by atoms with van der Waals surface area (Å²) in [5, 5.41) is 1.00. The Bertz CT molecular complexity index is 1030. The highest BCUT2D eigenvalue weighted by molar-refractivity contribution is 5.75. The van der Waals surface area contributed by atoms with Crippen molar-refractivity contribution in [1.29, 1.82) is 0 Å². The summed E-state index contributed by atoms with van der Waals surface area (Å²) in [5.41, 5.74) is 4.93. The highest BCUT2D eigenvalue weighted by atomic mass is 16.5. The van der Waals surface area contributed by atoms with E-state index in [2.05, 4.69) is 21.9 Å². The van der Waals surface area contributed by atoms with Crippen molar-refractivity contribution in [2.45, 2.75) is 51.4 Å². The molecular formula is C22H25N3O2. The first-order valence-corrected chi connectivity index (χ1v) is 9.57. The number of hydrogen-bond acceptors (Lipinski definition) is 4. The zero-order chi connectivity index (χ0) is 19.0. The molecule has 4 rings (SSSR count). The predicted octanol–water partition coefficient (Wildman–Crippen LogP) is 4.38. The average Bonchev–Trinajstić information content (AvgIpc) is 2.67. The zero-order valence-corrected chi connectivity index (χ0v) is 16.1. The number of aryl methyl sites for hydroxylation is 2. The average molecular weight is 363 g/mol. The molecule has 0 aromatic carbocycles. The molecule has 1 aliphatic carbocycles. The second kappa shape index (κ2) is 7.14. The van der Waals surface area contributed by atoms with Crippen molar-refractivity contribution >= 4 is 11.0 Å². The van der Waals surface area contributed by atoms with E-state index < -0.39 is 0 Å². The predicted molar refractivity (Wildman–Crippen MR) is 107 cm³/mol. The highest BCUT2D eigenvalue weighted by Gasteiger charge is 2.28. The normalized spacial score (nSPS) is 20.0. The summed E-state index contributed by atoms with van der Waals surface area (Å²) in [5.74, 6) is 1.47. The number of rotatable bonds is 3. The molecule has 0 aliphatic heterocycles. The van der Waals surface area contributed by atoms with Gasteiger partial charge in [-0.15, -0.1) is 0 Å². The molecular weight excluding hydrogens is 338 g/mol. The number of pyridine rings is 3. The van der Waals surface area contributed by atoms with Crippen LogP contribution < -0.4 is 10.3 Å². The first-order valence-electron chi connectivity index (χ1n) is 9.57. The minimum atomic E-state index is -0.000751. The molecule has 0 unspecified atom stereocenters. The van der Waals surface area contributed by atoms with Crippen LogP contribution in [0.4, 0.5) is 0 Å². The Labute approximate surface area is 158 Å². The van der Waals surface area contributed by atoms with Gasteiger partial charge in [0.1, 0.15) is 5.65 Å². The molecule has 140 valence electrons. The van der Waals surface area contributed by atoms with Gasteiger partial charge < -0.3 is 9.72 Å². The Morgan fingerprint density at radius 2 is 1.81 bits per heavy atom. The van der Waals surface area contributed by atoms with Crippen molar-refractivity contribution < 1.29 is 4.74 Å². The van der Waals surface area contributed by atoms with Crippen molar-refractivity contribution in [3.05, 3.63) is 63.2 Å². The first-order chi connectivity index (χ1) is 13.1. The van der Waals surface area contributed by atoms with E-state index in [-0.39, 0.29) is 5.56 Å². The number of methoxy groups -OCH3 is 1. The third kappa shape index (κ3) is 3.34. The summed E-state index contributed by atoms with van der Waals surface area (Å²) in [6, 6.07) is 8.10. The molecule has 1 fully saturated rings. The lowest BCUT2D eigenvalue weighted by molar-refractivity contribution is 0.358. The number of ether oxygens (including phenoxy) is 1. The zero-order valence-electron chi connectivity index (χ0n) is 16.1. The Morgan fingerprint density at radius 3 is 2.56 bits per heavy atom. The van der Waals surface area contributed by atoms with Crippen LogP contribution in [0.5, 0.6) is 5.88 Å². The maximum Gasteiger partial charge on any atom is 0.253 e. The summed E-state index contributed by atoms with van der Waals surface area (Å²) in [6.45, 7) is 4.05. The van der Waals surface area contributed by atoms with E-state index in [4.69, 9.17) is 4.74 Å². The summed E-state index contributed by atoms with van der Waals surface area (Å²) >= 11 is 0. The summed E-state index contributed by atoms with van der Waals surface area (Å²) in [4.78, 5) is 24.4. The fourth-order valence-electron chi connectivity index (χ4n) is 4.40. The molecule has 3 aromatic heterocycles. The van der Waals surface area contributed by atoms with E-state index >= 15 is 0 Å². The fraction of sp³-hybridized carbons (Fsp3) is 0.409. The van der Waals surface area contributed by atoms with E-state index in [0.717, 1.165) is 48.2 Å². The standard InChI is InChI=1S/C22H25N3O2/c1-13-10-11-23-22(27-3)19(13)16-8-6-15(7-9-16)18-12-17-5-4-14(2)24-20(17)25-21(18)26/h4-5,10-12,15-16H,6-9H2,1-3H3,(H,24,25,26)/t15-,16-. The second-order valence-electron chi connectivity index (χ2n) is 7.54. The van der Waals surface area contributed by atoms with Gasteiger partial charge in [0.25, 0.3) is 5.56 Å². The largest absolute Gasteiger partial charge is 0.481 e. The number of nitrogens with zero attached hydrogens (tertiary/aromatic N) is 2. The van der Waals surface area contributed by atoms with Crippen LogP contribution in [0.3, 0.4) is 0 Å². The molecule has 0 amide bonds. The van der Waals surface area contributed by atoms with E-state index in [9.17, 15) is 4.79 Å². The molecule has 27 heavy (non-hydrogen) atoms. The van der Waals surface area contributed by atoms with Gasteiger partial charge in [-0.2, -0.15) is 0 Å². The summed E-state index contributed by atoms with van der Waals surface area (Å²) in [6.07, 6.45) is 5.87. The molecule has 1 saturated carbocycles. The lowest BCUT2D eigenvalue weighted by atomic mass is 9.75. The van der Waals surface area contributed by atoms with Crippen molar-refractivity contribution in [3.63, 3.8) is 0 Å². The van der Waals surface area contributed by atoms with E-state index in [0.29, 0.717) is 17.5 Å². The van der Waals surface area contributed by atoms with Gasteiger partial charge in [-0.1, -0.05) is 0 Å². The third-order valence-corrected chi connectivity index (χ3v) is 5.81. The van der Waals surface area contributed by atoms with Crippen LogP contribution in [-0.2, 0) is 0 Å².